The van der Waals surface area contributed by atoms with E-state index in [1.807, 2.05) is 0 Å². The predicted octanol–water partition coefficient (Wildman–Crippen LogP) is 1.36. The van der Waals surface area contributed by atoms with E-state index in [1.165, 1.54) is 25.4 Å². The Kier molecular flexibility index (Phi) is 3.19. The number of rotatable bonds is 4. The highest BCUT2D eigenvalue weighted by Gasteiger charge is 2.17. The van der Waals surface area contributed by atoms with Gasteiger partial charge in [-0.1, -0.05) is 0 Å². The first-order valence-electron chi connectivity index (χ1n) is 4.88. The van der Waals surface area contributed by atoms with Gasteiger partial charge in [-0.3, -0.25) is 9.82 Å². The molecule has 2 aromatic rings. The van der Waals surface area contributed by atoms with Crippen molar-refractivity contribution in [3.8, 4) is 5.75 Å². The van der Waals surface area contributed by atoms with Crippen LogP contribution in [-0.2, 0) is 10.0 Å². The van der Waals surface area contributed by atoms with Gasteiger partial charge in [0, 0.05) is 6.07 Å². The smallest absolute Gasteiger partial charge is 0.278 e. The van der Waals surface area contributed by atoms with Gasteiger partial charge in [0.15, 0.2) is 5.03 Å². The van der Waals surface area contributed by atoms with Crippen LogP contribution in [-0.4, -0.2) is 25.7 Å². The molecule has 0 unspecified atom stereocenters. The predicted molar refractivity (Wildman–Crippen MR) is 62.3 cm³/mol. The molecule has 0 aliphatic carbocycles. The van der Waals surface area contributed by atoms with Crippen LogP contribution in [0.25, 0.3) is 0 Å². The van der Waals surface area contributed by atoms with Gasteiger partial charge in [0.1, 0.15) is 11.6 Å². The molecule has 0 atom stereocenters. The molecule has 0 bridgehead atoms. The molecule has 0 amide bonds. The van der Waals surface area contributed by atoms with Gasteiger partial charge in [-0.25, -0.2) is 4.39 Å². The molecular formula is C10H10FN3O3S. The lowest BCUT2D eigenvalue weighted by Crippen LogP contribution is -2.14. The standard InChI is InChI=1S/C10H10FN3O3S/c1-17-9-6-7(11)2-3-8(9)14-18(15,16)10-4-5-12-13-10/h2-6,14H,1H3,(H,12,13). The van der Waals surface area contributed by atoms with Crippen LogP contribution < -0.4 is 9.46 Å². The fraction of sp³-hybridized carbons (Fsp3) is 0.100. The number of halogens is 1. The molecule has 2 rings (SSSR count). The lowest BCUT2D eigenvalue weighted by molar-refractivity contribution is 0.413. The van der Waals surface area contributed by atoms with Gasteiger partial charge in [-0.15, -0.1) is 0 Å². The summed E-state index contributed by atoms with van der Waals surface area (Å²) in [5.41, 5.74) is 0.147. The van der Waals surface area contributed by atoms with Crippen LogP contribution in [0.2, 0.25) is 0 Å². The summed E-state index contributed by atoms with van der Waals surface area (Å²) in [6, 6.07) is 4.80. The Labute approximate surface area is 103 Å². The molecule has 0 saturated carbocycles. The Bertz CT molecular complexity index is 640. The molecule has 1 heterocycles. The summed E-state index contributed by atoms with van der Waals surface area (Å²) in [5.74, 6) is -0.422. The molecule has 8 heteroatoms. The Hall–Kier alpha value is -2.09. The van der Waals surface area contributed by atoms with Crippen molar-refractivity contribution >= 4 is 15.7 Å². The third-order valence-corrected chi connectivity index (χ3v) is 3.47. The highest BCUT2D eigenvalue weighted by Crippen LogP contribution is 2.26. The number of H-pyrrole nitrogens is 1. The van der Waals surface area contributed by atoms with Crippen LogP contribution in [0.4, 0.5) is 10.1 Å². The molecule has 6 nitrogen and oxygen atoms in total. The van der Waals surface area contributed by atoms with Gasteiger partial charge in [-0.2, -0.15) is 13.5 Å². The summed E-state index contributed by atoms with van der Waals surface area (Å²) in [7, 11) is -2.46. The van der Waals surface area contributed by atoms with Gasteiger partial charge >= 0.3 is 0 Å². The molecular weight excluding hydrogens is 261 g/mol. The van der Waals surface area contributed by atoms with Gasteiger partial charge in [-0.05, 0) is 18.2 Å². The van der Waals surface area contributed by atoms with E-state index in [-0.39, 0.29) is 16.5 Å². The lowest BCUT2D eigenvalue weighted by Gasteiger charge is -2.10. The van der Waals surface area contributed by atoms with Crippen molar-refractivity contribution in [2.45, 2.75) is 5.03 Å². The van der Waals surface area contributed by atoms with Crippen molar-refractivity contribution in [1.29, 1.82) is 0 Å². The minimum Gasteiger partial charge on any atom is -0.494 e. The number of aromatic nitrogens is 2. The SMILES string of the molecule is COc1cc(F)ccc1NS(=O)(=O)c1ccn[nH]1. The quantitative estimate of drug-likeness (QED) is 0.879. The molecule has 0 radical (unpaired) electrons. The fourth-order valence-electron chi connectivity index (χ4n) is 1.34. The van der Waals surface area contributed by atoms with Crippen molar-refractivity contribution in [3.05, 3.63) is 36.3 Å². The first-order valence-corrected chi connectivity index (χ1v) is 6.37. The maximum atomic E-state index is 13.0. The van der Waals surface area contributed by atoms with Gasteiger partial charge in [0.25, 0.3) is 10.0 Å². The molecule has 2 N–H and O–H groups in total. The number of anilines is 1. The van der Waals surface area contributed by atoms with Crippen LogP contribution in [0.15, 0.2) is 35.5 Å². The van der Waals surface area contributed by atoms with Crippen molar-refractivity contribution < 1.29 is 17.5 Å². The van der Waals surface area contributed by atoms with Gasteiger partial charge in [0.05, 0.1) is 19.0 Å². The molecule has 1 aromatic carbocycles. The Morgan fingerprint density at radius 3 is 2.78 bits per heavy atom. The Morgan fingerprint density at radius 1 is 1.39 bits per heavy atom. The largest absolute Gasteiger partial charge is 0.494 e. The first kappa shape index (κ1) is 12.4. The number of methoxy groups -OCH3 is 1. The molecule has 18 heavy (non-hydrogen) atoms. The minimum atomic E-state index is -3.79. The zero-order chi connectivity index (χ0) is 13.2. The normalized spacial score (nSPS) is 11.2. The van der Waals surface area contributed by atoms with E-state index in [2.05, 4.69) is 14.9 Å². The van der Waals surface area contributed by atoms with Gasteiger partial charge < -0.3 is 4.74 Å². The number of hydrogen-bond acceptors (Lipinski definition) is 4. The number of nitrogens with zero attached hydrogens (tertiary/aromatic N) is 1. The van der Waals surface area contributed by atoms with E-state index < -0.39 is 15.8 Å². The number of benzene rings is 1. The number of aromatic amines is 1. The lowest BCUT2D eigenvalue weighted by atomic mass is 10.3. The molecule has 1 aromatic heterocycles. The van der Waals surface area contributed by atoms with E-state index in [0.29, 0.717) is 0 Å². The highest BCUT2D eigenvalue weighted by atomic mass is 32.2. The van der Waals surface area contributed by atoms with Crippen LogP contribution >= 0.6 is 0 Å². The van der Waals surface area contributed by atoms with Crippen molar-refractivity contribution in [2.24, 2.45) is 0 Å². The van der Waals surface area contributed by atoms with E-state index >= 15 is 0 Å². The number of nitrogens with one attached hydrogen (secondary N) is 2. The molecule has 0 saturated heterocycles. The highest BCUT2D eigenvalue weighted by molar-refractivity contribution is 7.92. The number of sulfonamides is 1. The van der Waals surface area contributed by atoms with Crippen molar-refractivity contribution in [2.75, 3.05) is 11.8 Å². The summed E-state index contributed by atoms with van der Waals surface area (Å²) < 4.78 is 43.9. The fourth-order valence-corrected chi connectivity index (χ4v) is 2.32. The summed E-state index contributed by atoms with van der Waals surface area (Å²) in [4.78, 5) is 0. The number of ether oxygens (including phenoxy) is 1. The average Bonchev–Trinajstić information content (AvgIpc) is 2.85. The topological polar surface area (TPSA) is 84.1 Å². The third kappa shape index (κ3) is 2.43. The van der Waals surface area contributed by atoms with Crippen molar-refractivity contribution in [1.82, 2.24) is 10.2 Å². The van der Waals surface area contributed by atoms with E-state index in [9.17, 15) is 12.8 Å². The van der Waals surface area contributed by atoms with Crippen LogP contribution in [0.1, 0.15) is 0 Å². The molecule has 96 valence electrons. The van der Waals surface area contributed by atoms with Crippen LogP contribution in [0.3, 0.4) is 0 Å². The maximum Gasteiger partial charge on any atom is 0.278 e. The molecule has 0 aliphatic rings. The minimum absolute atomic E-state index is 0.0890. The second-order valence-electron chi connectivity index (χ2n) is 3.37. The summed E-state index contributed by atoms with van der Waals surface area (Å²) in [5, 5.41) is 5.79. The molecule has 0 fully saturated rings. The second-order valence-corrected chi connectivity index (χ2v) is 5.02. The van der Waals surface area contributed by atoms with E-state index in [1.54, 1.807) is 0 Å². The summed E-state index contributed by atoms with van der Waals surface area (Å²) in [6.07, 6.45) is 1.32. The number of hydrogen-bond donors (Lipinski definition) is 2. The van der Waals surface area contributed by atoms with Crippen molar-refractivity contribution in [3.63, 3.8) is 0 Å². The summed E-state index contributed by atoms with van der Waals surface area (Å²) >= 11 is 0. The van der Waals surface area contributed by atoms with E-state index in [4.69, 9.17) is 4.74 Å². The Balaban J connectivity index is 2.35. The zero-order valence-electron chi connectivity index (χ0n) is 9.34. The van der Waals surface area contributed by atoms with E-state index in [0.717, 1.165) is 12.1 Å². The zero-order valence-corrected chi connectivity index (χ0v) is 10.2. The first-order chi connectivity index (χ1) is 8.53. The second kappa shape index (κ2) is 4.65. The van der Waals surface area contributed by atoms with Crippen LogP contribution in [0, 0.1) is 5.82 Å². The third-order valence-electron chi connectivity index (χ3n) is 2.17. The summed E-state index contributed by atoms with van der Waals surface area (Å²) in [6.45, 7) is 0. The average molecular weight is 271 g/mol. The molecule has 0 aliphatic heterocycles. The van der Waals surface area contributed by atoms with Crippen LogP contribution in [0.5, 0.6) is 5.75 Å². The Morgan fingerprint density at radius 2 is 2.17 bits per heavy atom. The molecule has 0 spiro atoms. The monoisotopic (exact) mass is 271 g/mol. The maximum absolute atomic E-state index is 13.0. The van der Waals surface area contributed by atoms with Gasteiger partial charge in [0.2, 0.25) is 0 Å².